The molecule has 0 radical (unpaired) electrons. The molecule has 0 saturated carbocycles. The van der Waals surface area contributed by atoms with Crippen LogP contribution in [0.3, 0.4) is 0 Å². The molecule has 8 heteroatoms. The molecule has 1 amide bonds. The smallest absolute Gasteiger partial charge is 0.253 e. The highest BCUT2D eigenvalue weighted by Crippen LogP contribution is 2.21. The number of sulfonamides is 1. The van der Waals surface area contributed by atoms with E-state index in [1.54, 1.807) is 36.8 Å². The van der Waals surface area contributed by atoms with Crippen LogP contribution in [0.15, 0.2) is 67.3 Å². The van der Waals surface area contributed by atoms with Gasteiger partial charge in [-0.1, -0.05) is 24.3 Å². The fraction of sp³-hybridized carbons (Fsp3) is 0.158. The minimum atomic E-state index is -3.46. The highest BCUT2D eigenvalue weighted by Gasteiger charge is 2.19. The van der Waals surface area contributed by atoms with Gasteiger partial charge in [0, 0.05) is 31.7 Å². The van der Waals surface area contributed by atoms with Gasteiger partial charge in [-0.05, 0) is 29.8 Å². The zero-order chi connectivity index (χ0) is 19.4. The fourth-order valence-corrected chi connectivity index (χ4v) is 3.11. The van der Waals surface area contributed by atoms with Crippen LogP contribution in [-0.4, -0.2) is 37.2 Å². The zero-order valence-electron chi connectivity index (χ0n) is 15.0. The van der Waals surface area contributed by atoms with Gasteiger partial charge in [0.05, 0.1) is 23.8 Å². The molecular weight excluding hydrogens is 364 g/mol. The summed E-state index contributed by atoms with van der Waals surface area (Å²) in [6.45, 7) is 0.333. The van der Waals surface area contributed by atoms with Gasteiger partial charge in [0.15, 0.2) is 0 Å². The van der Waals surface area contributed by atoms with Crippen molar-refractivity contribution in [3.63, 3.8) is 0 Å². The number of aromatic nitrogens is 2. The number of amides is 1. The Morgan fingerprint density at radius 3 is 2.48 bits per heavy atom. The summed E-state index contributed by atoms with van der Waals surface area (Å²) in [6.07, 6.45) is 6.38. The Bertz CT molecular complexity index is 1030. The lowest BCUT2D eigenvalue weighted by Crippen LogP contribution is -2.29. The van der Waals surface area contributed by atoms with Gasteiger partial charge in [0.25, 0.3) is 5.91 Å². The molecule has 27 heavy (non-hydrogen) atoms. The normalized spacial score (nSPS) is 11.2. The fourth-order valence-electron chi connectivity index (χ4n) is 2.59. The molecule has 0 aliphatic heterocycles. The van der Waals surface area contributed by atoms with Gasteiger partial charge in [0.1, 0.15) is 0 Å². The molecule has 0 atom stereocenters. The number of hydrogen-bond acceptors (Lipinski definition) is 4. The van der Waals surface area contributed by atoms with Gasteiger partial charge in [-0.25, -0.2) is 13.4 Å². The molecule has 0 aliphatic carbocycles. The number of anilines is 1. The van der Waals surface area contributed by atoms with Crippen molar-refractivity contribution in [2.75, 3.05) is 17.6 Å². The number of para-hydroxylation sites is 1. The standard InChI is InChI=1S/C19H20N4O3S/c1-22(27(2,25)26)18-6-4-3-5-17(18)19(24)21-13-15-7-9-16(10-8-15)23-12-11-20-14-23/h3-12,14H,13H2,1-2H3,(H,21,24). The predicted octanol–water partition coefficient (Wildman–Crippen LogP) is 2.20. The van der Waals surface area contributed by atoms with Crippen molar-refractivity contribution < 1.29 is 13.2 Å². The third-order valence-corrected chi connectivity index (χ3v) is 5.37. The van der Waals surface area contributed by atoms with E-state index in [0.29, 0.717) is 17.8 Å². The summed E-state index contributed by atoms with van der Waals surface area (Å²) < 4.78 is 26.6. The molecule has 1 N–H and O–H groups in total. The second kappa shape index (κ2) is 7.63. The maximum atomic E-state index is 12.6. The molecule has 0 fully saturated rings. The Morgan fingerprint density at radius 1 is 1.15 bits per heavy atom. The van der Waals surface area contributed by atoms with Crippen LogP contribution in [0.1, 0.15) is 15.9 Å². The molecule has 0 saturated heterocycles. The van der Waals surface area contributed by atoms with Crippen LogP contribution in [0.5, 0.6) is 0 Å². The van der Waals surface area contributed by atoms with Crippen LogP contribution in [0.4, 0.5) is 5.69 Å². The monoisotopic (exact) mass is 384 g/mol. The molecule has 3 rings (SSSR count). The van der Waals surface area contributed by atoms with Gasteiger partial charge in [-0.2, -0.15) is 0 Å². The van der Waals surface area contributed by atoms with Crippen LogP contribution in [0.2, 0.25) is 0 Å². The van der Waals surface area contributed by atoms with Crippen molar-refractivity contribution in [2.45, 2.75) is 6.54 Å². The highest BCUT2D eigenvalue weighted by molar-refractivity contribution is 7.92. The first kappa shape index (κ1) is 18.7. The Labute approximate surface area is 158 Å². The van der Waals surface area contributed by atoms with Crippen molar-refractivity contribution in [1.29, 1.82) is 0 Å². The molecule has 0 aliphatic rings. The lowest BCUT2D eigenvalue weighted by Gasteiger charge is -2.19. The van der Waals surface area contributed by atoms with Crippen LogP contribution in [0.25, 0.3) is 5.69 Å². The van der Waals surface area contributed by atoms with E-state index in [9.17, 15) is 13.2 Å². The number of imidazole rings is 1. The Hall–Kier alpha value is -3.13. The Balaban J connectivity index is 1.71. The lowest BCUT2D eigenvalue weighted by atomic mass is 10.1. The summed E-state index contributed by atoms with van der Waals surface area (Å²) in [5.74, 6) is -0.334. The summed E-state index contributed by atoms with van der Waals surface area (Å²) in [7, 11) is -2.03. The maximum absolute atomic E-state index is 12.6. The average Bonchev–Trinajstić information content (AvgIpc) is 3.20. The molecule has 0 bridgehead atoms. The van der Waals surface area contributed by atoms with E-state index in [-0.39, 0.29) is 5.91 Å². The van der Waals surface area contributed by atoms with E-state index in [1.807, 2.05) is 35.0 Å². The first-order valence-electron chi connectivity index (χ1n) is 8.24. The number of benzene rings is 2. The molecule has 3 aromatic rings. The van der Waals surface area contributed by atoms with Crippen LogP contribution in [-0.2, 0) is 16.6 Å². The molecule has 7 nitrogen and oxygen atoms in total. The van der Waals surface area contributed by atoms with Crippen LogP contribution >= 0.6 is 0 Å². The van der Waals surface area contributed by atoms with Crippen molar-refractivity contribution >= 4 is 21.6 Å². The SMILES string of the molecule is CN(c1ccccc1C(=O)NCc1ccc(-n2ccnc2)cc1)S(C)(=O)=O. The molecule has 0 unspecified atom stereocenters. The number of rotatable bonds is 6. The van der Waals surface area contributed by atoms with Crippen molar-refractivity contribution in [1.82, 2.24) is 14.9 Å². The summed E-state index contributed by atoms with van der Waals surface area (Å²) >= 11 is 0. The van der Waals surface area contributed by atoms with Gasteiger partial charge in [-0.15, -0.1) is 0 Å². The van der Waals surface area contributed by atoms with E-state index in [2.05, 4.69) is 10.3 Å². The second-order valence-corrected chi connectivity index (χ2v) is 8.08. The number of carbonyl (C=O) groups is 1. The average molecular weight is 384 g/mol. The van der Waals surface area contributed by atoms with E-state index in [4.69, 9.17) is 0 Å². The second-order valence-electron chi connectivity index (χ2n) is 6.07. The summed E-state index contributed by atoms with van der Waals surface area (Å²) in [5.41, 5.74) is 2.55. The quantitative estimate of drug-likeness (QED) is 0.706. The molecule has 1 heterocycles. The third kappa shape index (κ3) is 4.35. The molecule has 2 aromatic carbocycles. The Kier molecular flexibility index (Phi) is 5.27. The number of carbonyl (C=O) groups excluding carboxylic acids is 1. The van der Waals surface area contributed by atoms with Gasteiger partial charge in [0.2, 0.25) is 10.0 Å². The minimum absolute atomic E-state index is 0.306. The maximum Gasteiger partial charge on any atom is 0.253 e. The summed E-state index contributed by atoms with van der Waals surface area (Å²) in [5, 5.41) is 2.84. The zero-order valence-corrected chi connectivity index (χ0v) is 15.8. The third-order valence-electron chi connectivity index (χ3n) is 4.18. The van der Waals surface area contributed by atoms with E-state index in [0.717, 1.165) is 21.8 Å². The minimum Gasteiger partial charge on any atom is -0.348 e. The summed E-state index contributed by atoms with van der Waals surface area (Å²) in [4.78, 5) is 16.6. The van der Waals surface area contributed by atoms with Crippen LogP contribution < -0.4 is 9.62 Å². The van der Waals surface area contributed by atoms with Gasteiger partial charge < -0.3 is 9.88 Å². The van der Waals surface area contributed by atoms with E-state index in [1.165, 1.54) is 7.05 Å². The largest absolute Gasteiger partial charge is 0.348 e. The van der Waals surface area contributed by atoms with Crippen molar-refractivity contribution in [3.05, 3.63) is 78.4 Å². The van der Waals surface area contributed by atoms with E-state index < -0.39 is 10.0 Å². The predicted molar refractivity (Wildman–Crippen MR) is 104 cm³/mol. The van der Waals surface area contributed by atoms with Crippen LogP contribution in [0, 0.1) is 0 Å². The molecular formula is C19H20N4O3S. The number of hydrogen-bond donors (Lipinski definition) is 1. The van der Waals surface area contributed by atoms with Crippen molar-refractivity contribution in [2.24, 2.45) is 0 Å². The molecule has 0 spiro atoms. The van der Waals surface area contributed by atoms with E-state index >= 15 is 0 Å². The van der Waals surface area contributed by atoms with Gasteiger partial charge in [-0.3, -0.25) is 9.10 Å². The highest BCUT2D eigenvalue weighted by atomic mass is 32.2. The van der Waals surface area contributed by atoms with Gasteiger partial charge >= 0.3 is 0 Å². The Morgan fingerprint density at radius 2 is 1.85 bits per heavy atom. The molecule has 1 aromatic heterocycles. The lowest BCUT2D eigenvalue weighted by molar-refractivity contribution is 0.0951. The van der Waals surface area contributed by atoms with Crippen molar-refractivity contribution in [3.8, 4) is 5.69 Å². The number of nitrogens with one attached hydrogen (secondary N) is 1. The summed E-state index contributed by atoms with van der Waals surface area (Å²) in [6, 6.07) is 14.3. The first-order chi connectivity index (χ1) is 12.9. The molecule has 140 valence electrons. The number of nitrogens with zero attached hydrogens (tertiary/aromatic N) is 3. The first-order valence-corrected chi connectivity index (χ1v) is 10.1. The topological polar surface area (TPSA) is 84.3 Å².